The Morgan fingerprint density at radius 1 is 1.47 bits per heavy atom. The van der Waals surface area contributed by atoms with Crippen molar-refractivity contribution in [1.29, 1.82) is 0 Å². The summed E-state index contributed by atoms with van der Waals surface area (Å²) in [5, 5.41) is 11.5. The van der Waals surface area contributed by atoms with Gasteiger partial charge in [0.15, 0.2) is 11.5 Å². The van der Waals surface area contributed by atoms with Gasteiger partial charge in [-0.2, -0.15) is 0 Å². The summed E-state index contributed by atoms with van der Waals surface area (Å²) in [4.78, 5) is 11.6. The Morgan fingerprint density at radius 3 is 3.05 bits per heavy atom. The minimum absolute atomic E-state index is 0.0427. The van der Waals surface area contributed by atoms with E-state index in [0.717, 1.165) is 11.3 Å². The number of hydrogen-bond donors (Lipinski definition) is 2. The van der Waals surface area contributed by atoms with Crippen LogP contribution < -0.4 is 14.8 Å². The first-order chi connectivity index (χ1) is 9.19. The summed E-state index contributed by atoms with van der Waals surface area (Å²) in [7, 11) is 0. The van der Waals surface area contributed by atoms with E-state index < -0.39 is 0 Å². The number of benzene rings is 1. The number of carbonyl (C=O) groups is 1. The van der Waals surface area contributed by atoms with Crippen molar-refractivity contribution >= 4 is 12.0 Å². The minimum Gasteiger partial charge on any atom is -0.454 e. The summed E-state index contributed by atoms with van der Waals surface area (Å²) >= 11 is 0. The zero-order chi connectivity index (χ0) is 13.7. The topological polar surface area (TPSA) is 67.8 Å². The number of rotatable bonds is 5. The van der Waals surface area contributed by atoms with Gasteiger partial charge in [-0.05, 0) is 37.1 Å². The molecule has 0 aromatic heterocycles. The average Bonchev–Trinajstić information content (AvgIpc) is 2.83. The predicted octanol–water partition coefficient (Wildman–Crippen LogP) is 1.32. The SMILES string of the molecule is CC(CCO)NC(=O)/C=C/c1ccc2c(c1)OCO2. The van der Waals surface area contributed by atoms with Gasteiger partial charge < -0.3 is 19.9 Å². The van der Waals surface area contributed by atoms with Crippen LogP contribution in [0.3, 0.4) is 0 Å². The van der Waals surface area contributed by atoms with E-state index in [9.17, 15) is 4.79 Å². The van der Waals surface area contributed by atoms with Crippen molar-refractivity contribution in [3.63, 3.8) is 0 Å². The van der Waals surface area contributed by atoms with Gasteiger partial charge >= 0.3 is 0 Å². The number of aliphatic hydroxyl groups excluding tert-OH is 1. The average molecular weight is 263 g/mol. The maximum atomic E-state index is 11.6. The molecule has 1 aromatic rings. The second-order valence-electron chi connectivity index (χ2n) is 4.37. The van der Waals surface area contributed by atoms with Crippen LogP contribution in [0.15, 0.2) is 24.3 Å². The smallest absolute Gasteiger partial charge is 0.244 e. The normalized spacial score (nSPS) is 14.6. The second-order valence-corrected chi connectivity index (χ2v) is 4.37. The van der Waals surface area contributed by atoms with Gasteiger partial charge in [-0.1, -0.05) is 6.07 Å². The largest absolute Gasteiger partial charge is 0.454 e. The molecule has 0 radical (unpaired) electrons. The zero-order valence-electron chi connectivity index (χ0n) is 10.8. The van der Waals surface area contributed by atoms with Crippen molar-refractivity contribution in [2.24, 2.45) is 0 Å². The molecule has 1 aliphatic rings. The van der Waals surface area contributed by atoms with Crippen LogP contribution in [0.4, 0.5) is 0 Å². The summed E-state index contributed by atoms with van der Waals surface area (Å²) in [6, 6.07) is 5.45. The third kappa shape index (κ3) is 3.72. The standard InChI is InChI=1S/C14H17NO4/c1-10(6-7-16)15-14(17)5-3-11-2-4-12-13(8-11)19-9-18-12/h2-5,8,10,16H,6-7,9H2,1H3,(H,15,17)/b5-3+. The lowest BCUT2D eigenvalue weighted by Crippen LogP contribution is -2.31. The van der Waals surface area contributed by atoms with Crippen LogP contribution in [0.2, 0.25) is 0 Å². The summed E-state index contributed by atoms with van der Waals surface area (Å²) in [5.74, 6) is 1.23. The van der Waals surface area contributed by atoms with Gasteiger partial charge in [-0.3, -0.25) is 4.79 Å². The molecular weight excluding hydrogens is 246 g/mol. The quantitative estimate of drug-likeness (QED) is 0.786. The molecule has 1 amide bonds. The van der Waals surface area contributed by atoms with E-state index >= 15 is 0 Å². The monoisotopic (exact) mass is 263 g/mol. The predicted molar refractivity (Wildman–Crippen MR) is 70.9 cm³/mol. The number of aliphatic hydroxyl groups is 1. The molecule has 1 atom stereocenters. The van der Waals surface area contributed by atoms with E-state index in [1.807, 2.05) is 25.1 Å². The number of nitrogens with one attached hydrogen (secondary N) is 1. The van der Waals surface area contributed by atoms with E-state index in [1.54, 1.807) is 6.08 Å². The third-order valence-electron chi connectivity index (χ3n) is 2.77. The van der Waals surface area contributed by atoms with Gasteiger partial charge in [0, 0.05) is 18.7 Å². The zero-order valence-corrected chi connectivity index (χ0v) is 10.8. The van der Waals surface area contributed by atoms with E-state index in [0.29, 0.717) is 12.2 Å². The molecule has 0 aliphatic carbocycles. The van der Waals surface area contributed by atoms with Crippen LogP contribution in [0.1, 0.15) is 18.9 Å². The Balaban J connectivity index is 1.93. The number of ether oxygens (including phenoxy) is 2. The molecule has 0 fully saturated rings. The molecule has 1 unspecified atom stereocenters. The molecule has 0 saturated heterocycles. The van der Waals surface area contributed by atoms with Crippen LogP contribution in [0.25, 0.3) is 6.08 Å². The van der Waals surface area contributed by atoms with Gasteiger partial charge in [0.2, 0.25) is 12.7 Å². The first-order valence-corrected chi connectivity index (χ1v) is 6.18. The molecule has 5 heteroatoms. The Labute approximate surface area is 111 Å². The van der Waals surface area contributed by atoms with Crippen molar-refractivity contribution < 1.29 is 19.4 Å². The fourth-order valence-corrected chi connectivity index (χ4v) is 1.75. The number of amides is 1. The van der Waals surface area contributed by atoms with Crippen LogP contribution in [-0.4, -0.2) is 30.5 Å². The Morgan fingerprint density at radius 2 is 2.26 bits per heavy atom. The van der Waals surface area contributed by atoms with Crippen molar-refractivity contribution in [2.45, 2.75) is 19.4 Å². The lowest BCUT2D eigenvalue weighted by atomic mass is 10.2. The Bertz CT molecular complexity index is 484. The van der Waals surface area contributed by atoms with E-state index in [4.69, 9.17) is 14.6 Å². The molecule has 0 saturated carbocycles. The van der Waals surface area contributed by atoms with E-state index in [1.165, 1.54) is 6.08 Å². The molecule has 1 aromatic carbocycles. The molecule has 0 bridgehead atoms. The lowest BCUT2D eigenvalue weighted by molar-refractivity contribution is -0.117. The van der Waals surface area contributed by atoms with Crippen molar-refractivity contribution in [3.8, 4) is 11.5 Å². The van der Waals surface area contributed by atoms with E-state index in [2.05, 4.69) is 5.32 Å². The summed E-state index contributed by atoms with van der Waals surface area (Å²) in [6.07, 6.45) is 3.72. The molecule has 1 heterocycles. The van der Waals surface area contributed by atoms with Crippen LogP contribution >= 0.6 is 0 Å². The molecule has 0 spiro atoms. The van der Waals surface area contributed by atoms with Crippen molar-refractivity contribution in [2.75, 3.05) is 13.4 Å². The highest BCUT2D eigenvalue weighted by atomic mass is 16.7. The molecule has 19 heavy (non-hydrogen) atoms. The summed E-state index contributed by atoms with van der Waals surface area (Å²) in [5.41, 5.74) is 0.870. The Kier molecular flexibility index (Phi) is 4.41. The summed E-state index contributed by atoms with van der Waals surface area (Å²) < 4.78 is 10.5. The molecule has 2 N–H and O–H groups in total. The highest BCUT2D eigenvalue weighted by Gasteiger charge is 2.12. The van der Waals surface area contributed by atoms with Crippen LogP contribution in [0, 0.1) is 0 Å². The first kappa shape index (κ1) is 13.4. The first-order valence-electron chi connectivity index (χ1n) is 6.18. The molecule has 102 valence electrons. The van der Waals surface area contributed by atoms with Gasteiger partial charge in [0.1, 0.15) is 0 Å². The fourth-order valence-electron chi connectivity index (χ4n) is 1.75. The maximum Gasteiger partial charge on any atom is 0.244 e. The molecule has 5 nitrogen and oxygen atoms in total. The van der Waals surface area contributed by atoms with Gasteiger partial charge in [-0.15, -0.1) is 0 Å². The highest BCUT2D eigenvalue weighted by Crippen LogP contribution is 2.32. The lowest BCUT2D eigenvalue weighted by Gasteiger charge is -2.09. The fraction of sp³-hybridized carbons (Fsp3) is 0.357. The van der Waals surface area contributed by atoms with E-state index in [-0.39, 0.29) is 25.3 Å². The van der Waals surface area contributed by atoms with Crippen molar-refractivity contribution in [1.82, 2.24) is 5.32 Å². The van der Waals surface area contributed by atoms with Gasteiger partial charge in [-0.25, -0.2) is 0 Å². The number of carbonyl (C=O) groups excluding carboxylic acids is 1. The molecule has 1 aliphatic heterocycles. The van der Waals surface area contributed by atoms with Crippen molar-refractivity contribution in [3.05, 3.63) is 29.8 Å². The van der Waals surface area contributed by atoms with Gasteiger partial charge in [0.05, 0.1) is 0 Å². The van der Waals surface area contributed by atoms with Crippen LogP contribution in [0.5, 0.6) is 11.5 Å². The van der Waals surface area contributed by atoms with Gasteiger partial charge in [0.25, 0.3) is 0 Å². The molecular formula is C14H17NO4. The second kappa shape index (κ2) is 6.24. The highest BCUT2D eigenvalue weighted by molar-refractivity contribution is 5.92. The third-order valence-corrected chi connectivity index (χ3v) is 2.77. The number of fused-ring (bicyclic) bond motifs is 1. The molecule has 2 rings (SSSR count). The summed E-state index contributed by atoms with van der Waals surface area (Å²) in [6.45, 7) is 2.15. The minimum atomic E-state index is -0.182. The van der Waals surface area contributed by atoms with Crippen LogP contribution in [-0.2, 0) is 4.79 Å². The Hall–Kier alpha value is -2.01. The maximum absolute atomic E-state index is 11.6. The number of hydrogen-bond acceptors (Lipinski definition) is 4.